The number of carbonyl (C=O) groups excluding carboxylic acids is 1. The fourth-order valence-electron chi connectivity index (χ4n) is 5.07. The molecule has 0 saturated carbocycles. The fourth-order valence-corrected chi connectivity index (χ4v) is 5.07. The second-order valence-corrected chi connectivity index (χ2v) is 8.02. The number of rotatable bonds is 4. The van der Waals surface area contributed by atoms with Gasteiger partial charge in [-0.1, -0.05) is 72.3 Å². The highest BCUT2D eigenvalue weighted by Gasteiger charge is 2.49. The number of benzene rings is 2. The molecular formula is C25H28N2O2. The van der Waals surface area contributed by atoms with Crippen LogP contribution in [0.2, 0.25) is 0 Å². The van der Waals surface area contributed by atoms with Crippen molar-refractivity contribution in [2.45, 2.75) is 38.1 Å². The molecule has 4 heteroatoms. The largest absolute Gasteiger partial charge is 0.465 e. The van der Waals surface area contributed by atoms with Gasteiger partial charge in [-0.05, 0) is 37.3 Å². The van der Waals surface area contributed by atoms with Gasteiger partial charge in [0, 0.05) is 11.8 Å². The molecule has 2 N–H and O–H groups in total. The molecule has 2 aromatic carbocycles. The van der Waals surface area contributed by atoms with E-state index in [2.05, 4.69) is 49.4 Å². The van der Waals surface area contributed by atoms with Gasteiger partial charge in [-0.2, -0.15) is 0 Å². The van der Waals surface area contributed by atoms with Gasteiger partial charge in [0.15, 0.2) is 0 Å². The molecule has 1 heterocycles. The lowest BCUT2D eigenvalue weighted by Crippen LogP contribution is -2.49. The van der Waals surface area contributed by atoms with Crippen LogP contribution in [-0.2, 0) is 9.53 Å². The second-order valence-electron chi connectivity index (χ2n) is 8.02. The maximum atomic E-state index is 13.0. The summed E-state index contributed by atoms with van der Waals surface area (Å²) in [5, 5.41) is 0. The first kappa shape index (κ1) is 19.4. The third kappa shape index (κ3) is 3.71. The number of fused-ring (bicyclic) bond motifs is 1. The Morgan fingerprint density at radius 2 is 1.69 bits per heavy atom. The SMILES string of the molecule is CCOC(=O)C1C(N)=NC2C=C(C)CC(c3ccccc3)C2C1c1ccccc1. The quantitative estimate of drug-likeness (QED) is 0.622. The Kier molecular flexibility index (Phi) is 5.52. The highest BCUT2D eigenvalue weighted by Crippen LogP contribution is 2.51. The van der Waals surface area contributed by atoms with E-state index >= 15 is 0 Å². The van der Waals surface area contributed by atoms with E-state index in [1.165, 1.54) is 11.1 Å². The summed E-state index contributed by atoms with van der Waals surface area (Å²) in [4.78, 5) is 17.8. The molecule has 0 amide bonds. The van der Waals surface area contributed by atoms with Gasteiger partial charge in [-0.3, -0.25) is 9.79 Å². The summed E-state index contributed by atoms with van der Waals surface area (Å²) in [5.41, 5.74) is 10.1. The zero-order valence-corrected chi connectivity index (χ0v) is 17.0. The number of ether oxygens (including phenoxy) is 1. The normalized spacial score (nSPS) is 28.7. The van der Waals surface area contributed by atoms with E-state index in [0.717, 1.165) is 12.0 Å². The molecule has 2 aliphatic rings. The maximum Gasteiger partial charge on any atom is 0.317 e. The van der Waals surface area contributed by atoms with Crippen LogP contribution in [0.1, 0.15) is 43.2 Å². The predicted molar refractivity (Wildman–Crippen MR) is 116 cm³/mol. The van der Waals surface area contributed by atoms with Gasteiger partial charge < -0.3 is 10.5 Å². The van der Waals surface area contributed by atoms with Crippen LogP contribution in [0.15, 0.2) is 77.3 Å². The van der Waals surface area contributed by atoms with Crippen LogP contribution in [0, 0.1) is 11.8 Å². The minimum Gasteiger partial charge on any atom is -0.465 e. The average Bonchev–Trinajstić information content (AvgIpc) is 2.73. The number of nitrogens with zero attached hydrogens (tertiary/aromatic N) is 1. The molecule has 0 spiro atoms. The Bertz CT molecular complexity index is 920. The van der Waals surface area contributed by atoms with Gasteiger partial charge >= 0.3 is 5.97 Å². The number of esters is 1. The van der Waals surface area contributed by atoms with E-state index in [4.69, 9.17) is 15.5 Å². The van der Waals surface area contributed by atoms with E-state index in [1.807, 2.05) is 31.2 Å². The molecule has 0 aromatic heterocycles. The van der Waals surface area contributed by atoms with Crippen molar-refractivity contribution in [1.82, 2.24) is 0 Å². The van der Waals surface area contributed by atoms with Gasteiger partial charge in [0.05, 0.1) is 12.6 Å². The van der Waals surface area contributed by atoms with Crippen LogP contribution in [0.25, 0.3) is 0 Å². The van der Waals surface area contributed by atoms with Gasteiger partial charge in [0.25, 0.3) is 0 Å². The van der Waals surface area contributed by atoms with Crippen LogP contribution < -0.4 is 5.73 Å². The molecular weight excluding hydrogens is 360 g/mol. The van der Waals surface area contributed by atoms with Crippen molar-refractivity contribution in [1.29, 1.82) is 0 Å². The summed E-state index contributed by atoms with van der Waals surface area (Å²) in [6.07, 6.45) is 3.19. The molecule has 0 fully saturated rings. The molecule has 1 aliphatic carbocycles. The Hall–Kier alpha value is -2.88. The van der Waals surface area contributed by atoms with Crippen molar-refractivity contribution >= 4 is 11.8 Å². The Morgan fingerprint density at radius 1 is 1.07 bits per heavy atom. The first-order valence-electron chi connectivity index (χ1n) is 10.4. The lowest BCUT2D eigenvalue weighted by Gasteiger charge is -2.45. The highest BCUT2D eigenvalue weighted by atomic mass is 16.5. The standard InChI is InChI=1S/C25H28N2O2/c1-3-29-25(28)23-21(18-12-8-5-9-13-18)22-19(17-10-6-4-7-11-17)14-16(2)15-20(22)27-24(23)26/h4-13,15,19-23H,3,14H2,1-2H3,(H2,26,27). The van der Waals surface area contributed by atoms with Gasteiger partial charge in [-0.25, -0.2) is 0 Å². The predicted octanol–water partition coefficient (Wildman–Crippen LogP) is 4.44. The van der Waals surface area contributed by atoms with E-state index in [0.29, 0.717) is 12.4 Å². The second kappa shape index (κ2) is 8.24. The van der Waals surface area contributed by atoms with E-state index in [9.17, 15) is 4.79 Å². The van der Waals surface area contributed by atoms with Crippen molar-refractivity contribution in [3.05, 3.63) is 83.4 Å². The minimum atomic E-state index is -0.559. The van der Waals surface area contributed by atoms with Crippen LogP contribution >= 0.6 is 0 Å². The Morgan fingerprint density at radius 3 is 2.31 bits per heavy atom. The number of carbonyl (C=O) groups is 1. The molecule has 4 rings (SSSR count). The molecule has 5 unspecified atom stereocenters. The molecule has 29 heavy (non-hydrogen) atoms. The molecule has 0 saturated heterocycles. The van der Waals surface area contributed by atoms with Crippen LogP contribution in [0.4, 0.5) is 0 Å². The minimum absolute atomic E-state index is 0.0372. The van der Waals surface area contributed by atoms with E-state index in [1.54, 1.807) is 0 Å². The molecule has 0 radical (unpaired) electrons. The van der Waals surface area contributed by atoms with Crippen molar-refractivity contribution in [3.8, 4) is 0 Å². The summed E-state index contributed by atoms with van der Waals surface area (Å²) in [6, 6.07) is 20.8. The number of hydrogen-bond acceptors (Lipinski definition) is 4. The smallest absolute Gasteiger partial charge is 0.317 e. The number of amidine groups is 1. The molecule has 2 aromatic rings. The molecule has 0 bridgehead atoms. The zero-order valence-electron chi connectivity index (χ0n) is 17.0. The van der Waals surface area contributed by atoms with Gasteiger partial charge in [-0.15, -0.1) is 0 Å². The lowest BCUT2D eigenvalue weighted by atomic mass is 9.61. The number of nitrogens with two attached hydrogens (primary N) is 1. The van der Waals surface area contributed by atoms with Crippen molar-refractivity contribution in [2.24, 2.45) is 22.6 Å². The van der Waals surface area contributed by atoms with Crippen LogP contribution in [-0.4, -0.2) is 24.5 Å². The Balaban J connectivity index is 1.87. The van der Waals surface area contributed by atoms with Crippen molar-refractivity contribution in [3.63, 3.8) is 0 Å². The molecule has 4 nitrogen and oxygen atoms in total. The first-order chi connectivity index (χ1) is 14.1. The number of aliphatic imine (C=N–C) groups is 1. The number of allylic oxidation sites excluding steroid dienone is 1. The van der Waals surface area contributed by atoms with Crippen molar-refractivity contribution < 1.29 is 9.53 Å². The average molecular weight is 389 g/mol. The number of hydrogen-bond donors (Lipinski definition) is 1. The third-order valence-electron chi connectivity index (χ3n) is 6.20. The summed E-state index contributed by atoms with van der Waals surface area (Å²) in [6.45, 7) is 4.32. The van der Waals surface area contributed by atoms with E-state index in [-0.39, 0.29) is 29.8 Å². The van der Waals surface area contributed by atoms with Crippen LogP contribution in [0.3, 0.4) is 0 Å². The molecule has 1 aliphatic heterocycles. The van der Waals surface area contributed by atoms with Crippen LogP contribution in [0.5, 0.6) is 0 Å². The topological polar surface area (TPSA) is 64.7 Å². The van der Waals surface area contributed by atoms with E-state index < -0.39 is 5.92 Å². The summed E-state index contributed by atoms with van der Waals surface area (Å²) < 4.78 is 5.43. The highest BCUT2D eigenvalue weighted by molar-refractivity contribution is 6.02. The molecule has 150 valence electrons. The zero-order chi connectivity index (χ0) is 20.4. The maximum absolute atomic E-state index is 13.0. The summed E-state index contributed by atoms with van der Waals surface area (Å²) >= 11 is 0. The summed E-state index contributed by atoms with van der Waals surface area (Å²) in [5.74, 6) is -0.116. The summed E-state index contributed by atoms with van der Waals surface area (Å²) in [7, 11) is 0. The van der Waals surface area contributed by atoms with Gasteiger partial charge in [0.2, 0.25) is 0 Å². The third-order valence-corrected chi connectivity index (χ3v) is 6.20. The monoisotopic (exact) mass is 388 g/mol. The first-order valence-corrected chi connectivity index (χ1v) is 10.4. The molecule has 5 atom stereocenters. The Labute approximate surface area is 172 Å². The van der Waals surface area contributed by atoms with Gasteiger partial charge in [0.1, 0.15) is 11.8 Å². The lowest BCUT2D eigenvalue weighted by molar-refractivity contribution is -0.147. The fraction of sp³-hybridized carbons (Fsp3) is 0.360. The van der Waals surface area contributed by atoms with Crippen molar-refractivity contribution in [2.75, 3.05) is 6.61 Å².